The molecule has 168 valence electrons. The largest absolute Gasteiger partial charge is 0.487 e. The molecule has 1 aliphatic heterocycles. The standard InChI is InChI=1S/C23H23ClN2O4S2/c1-17-7-8-20(24)21(13-17)30-15-18-14-22(31-16-18)23(27)25-9-11-26(12-10-25)32(28,29)19-5-3-2-4-6-19/h2-8,13-14,16H,9-12,15H2,1H3. The molecule has 0 radical (unpaired) electrons. The monoisotopic (exact) mass is 490 g/mol. The number of thiophene rings is 1. The molecular weight excluding hydrogens is 468 g/mol. The van der Waals surface area contributed by atoms with E-state index in [4.69, 9.17) is 16.3 Å². The van der Waals surface area contributed by atoms with Crippen LogP contribution in [0.15, 0.2) is 64.9 Å². The first-order valence-corrected chi connectivity index (χ1v) is 12.9. The number of piperazine rings is 1. The van der Waals surface area contributed by atoms with Crippen LogP contribution in [0.5, 0.6) is 5.75 Å². The number of hydrogen-bond acceptors (Lipinski definition) is 5. The van der Waals surface area contributed by atoms with Crippen LogP contribution >= 0.6 is 22.9 Å². The molecule has 1 amide bonds. The quantitative estimate of drug-likeness (QED) is 0.512. The van der Waals surface area contributed by atoms with Crippen molar-refractivity contribution in [2.75, 3.05) is 26.2 Å². The van der Waals surface area contributed by atoms with Gasteiger partial charge in [0.1, 0.15) is 12.4 Å². The van der Waals surface area contributed by atoms with Crippen molar-refractivity contribution in [1.29, 1.82) is 0 Å². The second kappa shape index (κ2) is 9.62. The maximum Gasteiger partial charge on any atom is 0.264 e. The predicted octanol–water partition coefficient (Wildman–Crippen LogP) is 4.44. The van der Waals surface area contributed by atoms with Crippen LogP contribution in [0, 0.1) is 6.92 Å². The zero-order valence-electron chi connectivity index (χ0n) is 17.5. The van der Waals surface area contributed by atoms with E-state index in [1.54, 1.807) is 41.3 Å². The Kier molecular flexibility index (Phi) is 6.85. The molecule has 0 unspecified atom stereocenters. The molecule has 1 aromatic heterocycles. The first-order valence-electron chi connectivity index (χ1n) is 10.2. The van der Waals surface area contributed by atoms with Gasteiger partial charge in [-0.05, 0) is 48.2 Å². The average Bonchev–Trinajstić information content (AvgIpc) is 3.29. The zero-order chi connectivity index (χ0) is 22.7. The normalized spacial score (nSPS) is 15.0. The second-order valence-electron chi connectivity index (χ2n) is 7.55. The van der Waals surface area contributed by atoms with Gasteiger partial charge in [-0.25, -0.2) is 8.42 Å². The van der Waals surface area contributed by atoms with E-state index in [0.29, 0.717) is 35.3 Å². The van der Waals surface area contributed by atoms with Crippen LogP contribution in [-0.4, -0.2) is 49.7 Å². The molecule has 6 nitrogen and oxygen atoms in total. The first kappa shape index (κ1) is 22.8. The van der Waals surface area contributed by atoms with Gasteiger partial charge in [-0.15, -0.1) is 11.3 Å². The first-order chi connectivity index (χ1) is 15.3. The number of halogens is 1. The van der Waals surface area contributed by atoms with Crippen molar-refractivity contribution >= 4 is 38.9 Å². The molecule has 2 aromatic carbocycles. The molecule has 0 bridgehead atoms. The molecule has 0 N–H and O–H groups in total. The minimum absolute atomic E-state index is 0.0911. The van der Waals surface area contributed by atoms with Crippen LogP contribution in [0.25, 0.3) is 0 Å². The Morgan fingerprint density at radius 2 is 1.78 bits per heavy atom. The smallest absolute Gasteiger partial charge is 0.264 e. The van der Waals surface area contributed by atoms with Crippen molar-refractivity contribution in [2.45, 2.75) is 18.4 Å². The topological polar surface area (TPSA) is 66.9 Å². The van der Waals surface area contributed by atoms with Crippen molar-refractivity contribution in [2.24, 2.45) is 0 Å². The lowest BCUT2D eigenvalue weighted by molar-refractivity contribution is 0.0702. The van der Waals surface area contributed by atoms with E-state index < -0.39 is 10.0 Å². The van der Waals surface area contributed by atoms with Gasteiger partial charge in [-0.1, -0.05) is 35.9 Å². The van der Waals surface area contributed by atoms with Gasteiger partial charge in [-0.2, -0.15) is 4.31 Å². The molecule has 0 spiro atoms. The maximum atomic E-state index is 12.9. The van der Waals surface area contributed by atoms with Crippen molar-refractivity contribution in [1.82, 2.24) is 9.21 Å². The predicted molar refractivity (Wildman–Crippen MR) is 126 cm³/mol. The molecule has 32 heavy (non-hydrogen) atoms. The number of ether oxygens (including phenoxy) is 1. The highest BCUT2D eigenvalue weighted by Crippen LogP contribution is 2.27. The number of carbonyl (C=O) groups is 1. The lowest BCUT2D eigenvalue weighted by Gasteiger charge is -2.33. The zero-order valence-corrected chi connectivity index (χ0v) is 19.9. The Morgan fingerprint density at radius 3 is 2.50 bits per heavy atom. The molecule has 3 aromatic rings. The summed E-state index contributed by atoms with van der Waals surface area (Å²) >= 11 is 7.53. The number of sulfonamides is 1. The van der Waals surface area contributed by atoms with Crippen molar-refractivity contribution in [3.05, 3.63) is 81.0 Å². The van der Waals surface area contributed by atoms with Crippen LogP contribution in [0.3, 0.4) is 0 Å². The summed E-state index contributed by atoms with van der Waals surface area (Å²) < 4.78 is 32.8. The SMILES string of the molecule is Cc1ccc(Cl)c(OCc2csc(C(=O)N3CCN(S(=O)(=O)c4ccccc4)CC3)c2)c1. The second-order valence-corrected chi connectivity index (χ2v) is 10.8. The van der Waals surface area contributed by atoms with E-state index in [1.165, 1.54) is 15.6 Å². The van der Waals surface area contributed by atoms with Gasteiger partial charge < -0.3 is 9.64 Å². The van der Waals surface area contributed by atoms with E-state index >= 15 is 0 Å². The third-order valence-electron chi connectivity index (χ3n) is 5.25. The molecule has 4 rings (SSSR count). The third kappa shape index (κ3) is 4.99. The van der Waals surface area contributed by atoms with Crippen LogP contribution in [0.1, 0.15) is 20.8 Å². The Balaban J connectivity index is 1.35. The highest BCUT2D eigenvalue weighted by atomic mass is 35.5. The number of rotatable bonds is 6. The molecule has 0 aliphatic carbocycles. The molecule has 0 atom stereocenters. The minimum atomic E-state index is -3.54. The van der Waals surface area contributed by atoms with Crippen molar-refractivity contribution in [3.63, 3.8) is 0 Å². The van der Waals surface area contributed by atoms with Crippen LogP contribution in [-0.2, 0) is 16.6 Å². The minimum Gasteiger partial charge on any atom is -0.487 e. The summed E-state index contributed by atoms with van der Waals surface area (Å²) in [7, 11) is -3.54. The number of amides is 1. The summed E-state index contributed by atoms with van der Waals surface area (Å²) in [5.74, 6) is 0.521. The summed E-state index contributed by atoms with van der Waals surface area (Å²) in [5.41, 5.74) is 1.94. The van der Waals surface area contributed by atoms with E-state index in [-0.39, 0.29) is 23.9 Å². The summed E-state index contributed by atoms with van der Waals surface area (Å²) in [6.45, 7) is 3.54. The molecule has 2 heterocycles. The van der Waals surface area contributed by atoms with Gasteiger partial charge in [-0.3, -0.25) is 4.79 Å². The van der Waals surface area contributed by atoms with Crippen molar-refractivity contribution in [3.8, 4) is 5.75 Å². The van der Waals surface area contributed by atoms with E-state index in [0.717, 1.165) is 11.1 Å². The lowest BCUT2D eigenvalue weighted by Crippen LogP contribution is -2.50. The highest BCUT2D eigenvalue weighted by Gasteiger charge is 2.30. The Labute approximate surface area is 197 Å². The van der Waals surface area contributed by atoms with Gasteiger partial charge in [0.2, 0.25) is 10.0 Å². The molecule has 9 heteroatoms. The van der Waals surface area contributed by atoms with Crippen molar-refractivity contribution < 1.29 is 17.9 Å². The highest BCUT2D eigenvalue weighted by molar-refractivity contribution is 7.89. The summed E-state index contributed by atoms with van der Waals surface area (Å²) in [5, 5.41) is 2.44. The van der Waals surface area contributed by atoms with Crippen LogP contribution in [0.2, 0.25) is 5.02 Å². The molecule has 1 fully saturated rings. The third-order valence-corrected chi connectivity index (χ3v) is 8.44. The average molecular weight is 491 g/mol. The summed E-state index contributed by atoms with van der Waals surface area (Å²) in [6.07, 6.45) is 0. The number of aryl methyl sites for hydroxylation is 1. The number of carbonyl (C=O) groups excluding carboxylic acids is 1. The van der Waals surface area contributed by atoms with E-state index in [1.807, 2.05) is 30.5 Å². The van der Waals surface area contributed by atoms with Gasteiger partial charge in [0, 0.05) is 31.7 Å². The van der Waals surface area contributed by atoms with Gasteiger partial charge in [0.15, 0.2) is 0 Å². The maximum absolute atomic E-state index is 12.9. The van der Waals surface area contributed by atoms with Gasteiger partial charge in [0.05, 0.1) is 14.8 Å². The molecule has 1 aliphatic rings. The fraction of sp³-hybridized carbons (Fsp3) is 0.261. The molecule has 0 saturated carbocycles. The number of hydrogen-bond donors (Lipinski definition) is 0. The molecule has 1 saturated heterocycles. The van der Waals surface area contributed by atoms with E-state index in [9.17, 15) is 13.2 Å². The van der Waals surface area contributed by atoms with Gasteiger partial charge >= 0.3 is 0 Å². The summed E-state index contributed by atoms with van der Waals surface area (Å²) in [6, 6.07) is 15.8. The Bertz CT molecular complexity index is 1200. The Hall–Kier alpha value is -2.39. The van der Waals surface area contributed by atoms with Crippen LogP contribution in [0.4, 0.5) is 0 Å². The Morgan fingerprint density at radius 1 is 1.06 bits per heavy atom. The van der Waals surface area contributed by atoms with E-state index in [2.05, 4.69) is 0 Å². The fourth-order valence-corrected chi connectivity index (χ4v) is 5.95. The molecular formula is C23H23ClN2O4S2. The number of benzene rings is 2. The lowest BCUT2D eigenvalue weighted by atomic mass is 10.2. The summed E-state index contributed by atoms with van der Waals surface area (Å²) in [4.78, 5) is 15.5. The van der Waals surface area contributed by atoms with Crippen LogP contribution < -0.4 is 4.74 Å². The van der Waals surface area contributed by atoms with Gasteiger partial charge in [0.25, 0.3) is 5.91 Å². The fourth-order valence-electron chi connectivity index (χ4n) is 3.47. The number of nitrogens with zero attached hydrogens (tertiary/aromatic N) is 2.